The van der Waals surface area contributed by atoms with E-state index in [0.717, 1.165) is 25.3 Å². The molecule has 2 atom stereocenters. The van der Waals surface area contributed by atoms with Crippen molar-refractivity contribution < 1.29 is 14.2 Å². The summed E-state index contributed by atoms with van der Waals surface area (Å²) in [5.74, 6) is -0.134. The normalized spacial score (nSPS) is 32.3. The zero-order valence-electron chi connectivity index (χ0n) is 13.4. The molecule has 0 N–H and O–H groups in total. The van der Waals surface area contributed by atoms with E-state index in [4.69, 9.17) is 19.3 Å². The first kappa shape index (κ1) is 15.7. The Morgan fingerprint density at radius 3 is 2.85 bits per heavy atom. The van der Waals surface area contributed by atoms with E-state index in [0.29, 0.717) is 18.6 Å². The number of rotatable bonds is 4. The van der Waals surface area contributed by atoms with Gasteiger partial charge in [0.05, 0.1) is 25.0 Å². The monoisotopic (exact) mass is 284 g/mol. The van der Waals surface area contributed by atoms with Gasteiger partial charge >= 0.3 is 0 Å². The average Bonchev–Trinajstić information content (AvgIpc) is 2.79. The Morgan fingerprint density at radius 1 is 1.45 bits per heavy atom. The van der Waals surface area contributed by atoms with Gasteiger partial charge in [0.2, 0.25) is 0 Å². The van der Waals surface area contributed by atoms with E-state index in [-0.39, 0.29) is 6.10 Å². The van der Waals surface area contributed by atoms with Crippen LogP contribution < -0.4 is 0 Å². The van der Waals surface area contributed by atoms with E-state index in [9.17, 15) is 0 Å². The van der Waals surface area contributed by atoms with Crippen LogP contribution in [0.1, 0.15) is 40.5 Å². The maximum absolute atomic E-state index is 6.04. The predicted molar refractivity (Wildman–Crippen MR) is 78.8 cm³/mol. The molecule has 2 aliphatic rings. The third-order valence-electron chi connectivity index (χ3n) is 3.87. The number of hydrazone groups is 1. The second-order valence-electron chi connectivity index (χ2n) is 6.48. The van der Waals surface area contributed by atoms with Gasteiger partial charge in [-0.05, 0) is 32.6 Å². The smallest absolute Gasteiger partial charge is 0.164 e. The molecular formula is C15H28N2O3. The van der Waals surface area contributed by atoms with Crippen LogP contribution in [0.15, 0.2) is 5.10 Å². The van der Waals surface area contributed by atoms with Gasteiger partial charge in [-0.25, -0.2) is 0 Å². The molecule has 2 fully saturated rings. The number of methoxy groups -OCH3 is 1. The molecule has 2 heterocycles. The standard InChI is InChI=1S/C15H28N2O3/c1-11(2)14-13(10-19-15(3,4)20-14)16-17-8-6-7-12(17)9-18-5/h11-12,14H,6-10H2,1-5H3/b16-13+/t12-,14+/m0/s1. The summed E-state index contributed by atoms with van der Waals surface area (Å²) in [6.45, 7) is 10.5. The van der Waals surface area contributed by atoms with Gasteiger partial charge in [-0.15, -0.1) is 0 Å². The molecule has 2 aliphatic heterocycles. The van der Waals surface area contributed by atoms with Crippen molar-refractivity contribution >= 4 is 5.71 Å². The lowest BCUT2D eigenvalue weighted by atomic mass is 10.0. The summed E-state index contributed by atoms with van der Waals surface area (Å²) in [6.07, 6.45) is 2.34. The highest BCUT2D eigenvalue weighted by molar-refractivity contribution is 5.90. The number of hydrogen-bond acceptors (Lipinski definition) is 5. The molecule has 2 rings (SSSR count). The maximum Gasteiger partial charge on any atom is 0.164 e. The first-order chi connectivity index (χ1) is 9.43. The Morgan fingerprint density at radius 2 is 2.20 bits per heavy atom. The molecule has 0 aromatic heterocycles. The lowest BCUT2D eigenvalue weighted by Crippen LogP contribution is -2.49. The van der Waals surface area contributed by atoms with Crippen LogP contribution in [0.3, 0.4) is 0 Å². The Balaban J connectivity index is 2.10. The summed E-state index contributed by atoms with van der Waals surface area (Å²) in [5, 5.41) is 6.98. The summed E-state index contributed by atoms with van der Waals surface area (Å²) >= 11 is 0. The van der Waals surface area contributed by atoms with Gasteiger partial charge in [-0.3, -0.25) is 5.01 Å². The molecule has 5 nitrogen and oxygen atoms in total. The fourth-order valence-corrected chi connectivity index (χ4v) is 2.82. The van der Waals surface area contributed by atoms with Crippen LogP contribution in [-0.2, 0) is 14.2 Å². The molecule has 0 saturated carbocycles. The van der Waals surface area contributed by atoms with Crippen molar-refractivity contribution in [3.63, 3.8) is 0 Å². The molecule has 0 bridgehead atoms. The summed E-state index contributed by atoms with van der Waals surface area (Å²) in [5.41, 5.74) is 1.00. The molecule has 0 amide bonds. The zero-order valence-corrected chi connectivity index (χ0v) is 13.4. The predicted octanol–water partition coefficient (Wildman–Crippen LogP) is 2.26. The second-order valence-corrected chi connectivity index (χ2v) is 6.48. The minimum absolute atomic E-state index is 0.0301. The van der Waals surface area contributed by atoms with Crippen molar-refractivity contribution in [2.75, 3.05) is 26.9 Å². The third kappa shape index (κ3) is 3.71. The maximum atomic E-state index is 6.04. The highest BCUT2D eigenvalue weighted by Crippen LogP contribution is 2.26. The van der Waals surface area contributed by atoms with Crippen molar-refractivity contribution in [1.82, 2.24) is 5.01 Å². The van der Waals surface area contributed by atoms with E-state index in [2.05, 4.69) is 18.9 Å². The first-order valence-corrected chi connectivity index (χ1v) is 7.57. The highest BCUT2D eigenvalue weighted by Gasteiger charge is 2.36. The van der Waals surface area contributed by atoms with E-state index < -0.39 is 5.79 Å². The molecule has 0 radical (unpaired) electrons. The van der Waals surface area contributed by atoms with E-state index in [1.54, 1.807) is 7.11 Å². The van der Waals surface area contributed by atoms with Crippen LogP contribution in [0.5, 0.6) is 0 Å². The quantitative estimate of drug-likeness (QED) is 0.794. The minimum atomic E-state index is -0.523. The van der Waals surface area contributed by atoms with E-state index >= 15 is 0 Å². The molecule has 0 aliphatic carbocycles. The van der Waals surface area contributed by atoms with Gasteiger partial charge in [0.1, 0.15) is 6.10 Å². The largest absolute Gasteiger partial charge is 0.382 e. The van der Waals surface area contributed by atoms with Crippen LogP contribution in [-0.4, -0.2) is 55.5 Å². The molecular weight excluding hydrogens is 256 g/mol. The number of nitrogens with zero attached hydrogens (tertiary/aromatic N) is 2. The summed E-state index contributed by atoms with van der Waals surface area (Å²) < 4.78 is 17.1. The Bertz CT molecular complexity index is 355. The van der Waals surface area contributed by atoms with Crippen LogP contribution >= 0.6 is 0 Å². The molecule has 5 heteroatoms. The minimum Gasteiger partial charge on any atom is -0.382 e. The Hall–Kier alpha value is -0.650. The SMILES string of the molecule is COC[C@@H]1CCCN1/N=C1\COC(C)(C)O[C@@H]1C(C)C. The van der Waals surface area contributed by atoms with Gasteiger partial charge < -0.3 is 14.2 Å². The van der Waals surface area contributed by atoms with Gasteiger partial charge in [0, 0.05) is 13.7 Å². The van der Waals surface area contributed by atoms with Crippen molar-refractivity contribution in [3.8, 4) is 0 Å². The van der Waals surface area contributed by atoms with Crippen LogP contribution in [0.4, 0.5) is 0 Å². The van der Waals surface area contributed by atoms with Crippen LogP contribution in [0.2, 0.25) is 0 Å². The number of hydrogen-bond donors (Lipinski definition) is 0. The van der Waals surface area contributed by atoms with Gasteiger partial charge in [0.15, 0.2) is 5.79 Å². The summed E-state index contributed by atoms with van der Waals surface area (Å²) in [6, 6.07) is 0.384. The van der Waals surface area contributed by atoms with Crippen molar-refractivity contribution in [2.24, 2.45) is 11.0 Å². The second kappa shape index (κ2) is 6.41. The summed E-state index contributed by atoms with van der Waals surface area (Å²) in [7, 11) is 1.75. The summed E-state index contributed by atoms with van der Waals surface area (Å²) in [4.78, 5) is 0. The van der Waals surface area contributed by atoms with Crippen molar-refractivity contribution in [3.05, 3.63) is 0 Å². The Labute approximate surface area is 122 Å². The van der Waals surface area contributed by atoms with Crippen molar-refractivity contribution in [1.29, 1.82) is 0 Å². The molecule has 116 valence electrons. The zero-order chi connectivity index (χ0) is 14.8. The van der Waals surface area contributed by atoms with E-state index in [1.807, 2.05) is 13.8 Å². The topological polar surface area (TPSA) is 43.3 Å². The molecule has 2 saturated heterocycles. The average molecular weight is 284 g/mol. The first-order valence-electron chi connectivity index (χ1n) is 7.57. The van der Waals surface area contributed by atoms with E-state index in [1.165, 1.54) is 6.42 Å². The third-order valence-corrected chi connectivity index (χ3v) is 3.87. The fraction of sp³-hybridized carbons (Fsp3) is 0.933. The van der Waals surface area contributed by atoms with Gasteiger partial charge in [-0.1, -0.05) is 13.8 Å². The van der Waals surface area contributed by atoms with Crippen LogP contribution in [0, 0.1) is 5.92 Å². The van der Waals surface area contributed by atoms with Gasteiger partial charge in [-0.2, -0.15) is 5.10 Å². The fourth-order valence-electron chi connectivity index (χ4n) is 2.82. The number of ether oxygens (including phenoxy) is 3. The molecule has 20 heavy (non-hydrogen) atoms. The molecule has 0 aromatic rings. The molecule has 0 spiro atoms. The van der Waals surface area contributed by atoms with Crippen molar-refractivity contribution in [2.45, 2.75) is 58.5 Å². The molecule has 0 aromatic carbocycles. The lowest BCUT2D eigenvalue weighted by Gasteiger charge is -2.39. The highest BCUT2D eigenvalue weighted by atomic mass is 16.7. The van der Waals surface area contributed by atoms with Crippen LogP contribution in [0.25, 0.3) is 0 Å². The lowest BCUT2D eigenvalue weighted by molar-refractivity contribution is -0.241. The molecule has 0 unspecified atom stereocenters. The van der Waals surface area contributed by atoms with Gasteiger partial charge in [0.25, 0.3) is 0 Å². The Kier molecular flexibility index (Phi) is 5.04.